The zero-order chi connectivity index (χ0) is 21.2. The van der Waals surface area contributed by atoms with Crippen molar-refractivity contribution >= 4 is 28.9 Å². The largest absolute Gasteiger partial charge is 0.454 e. The molecule has 0 bridgehead atoms. The van der Waals surface area contributed by atoms with Gasteiger partial charge in [0.05, 0.1) is 0 Å². The second kappa shape index (κ2) is 8.14. The number of anilines is 4. The van der Waals surface area contributed by atoms with Crippen molar-refractivity contribution in [3.05, 3.63) is 59.9 Å². The average Bonchev–Trinajstić information content (AvgIpc) is 3.46. The molecule has 8 heteroatoms. The van der Waals surface area contributed by atoms with Crippen molar-refractivity contribution in [2.75, 3.05) is 35.4 Å². The van der Waals surface area contributed by atoms with Crippen LogP contribution < -0.4 is 25.0 Å². The summed E-state index contributed by atoms with van der Waals surface area (Å²) in [6.45, 7) is 4.15. The highest BCUT2D eigenvalue weighted by atomic mass is 16.7. The zero-order valence-corrected chi connectivity index (χ0v) is 17.2. The highest BCUT2D eigenvalue weighted by Crippen LogP contribution is 2.32. The molecule has 1 amide bonds. The first-order valence-electron chi connectivity index (χ1n) is 10.3. The number of nitrogens with one attached hydrogen (secondary N) is 2. The summed E-state index contributed by atoms with van der Waals surface area (Å²) in [5.74, 6) is 3.48. The number of carbonyl (C=O) groups excluding carboxylic acids is 1. The van der Waals surface area contributed by atoms with Crippen molar-refractivity contribution in [1.82, 2.24) is 9.97 Å². The topological polar surface area (TPSA) is 88.6 Å². The molecule has 0 saturated carbocycles. The number of aromatic nitrogens is 2. The van der Waals surface area contributed by atoms with E-state index in [1.807, 2.05) is 37.3 Å². The molecule has 0 radical (unpaired) electrons. The zero-order valence-electron chi connectivity index (χ0n) is 17.2. The second-order valence-electron chi connectivity index (χ2n) is 7.58. The van der Waals surface area contributed by atoms with Crippen molar-refractivity contribution in [3.63, 3.8) is 0 Å². The van der Waals surface area contributed by atoms with Gasteiger partial charge in [0.25, 0.3) is 5.91 Å². The Kier molecular flexibility index (Phi) is 5.03. The van der Waals surface area contributed by atoms with Crippen molar-refractivity contribution in [1.29, 1.82) is 0 Å². The molecule has 8 nitrogen and oxygen atoms in total. The van der Waals surface area contributed by atoms with E-state index in [2.05, 4.69) is 25.5 Å². The SMILES string of the molecule is Cc1nc(Nc2ccc(NC(=O)c3ccc4c(c3)OCO4)cc2)cc(N2CCCC2)n1. The lowest BCUT2D eigenvalue weighted by Crippen LogP contribution is -2.19. The molecule has 31 heavy (non-hydrogen) atoms. The third-order valence-electron chi connectivity index (χ3n) is 5.30. The second-order valence-corrected chi connectivity index (χ2v) is 7.58. The van der Waals surface area contributed by atoms with Gasteiger partial charge >= 0.3 is 0 Å². The molecule has 5 rings (SSSR count). The minimum absolute atomic E-state index is 0.181. The molecule has 0 atom stereocenters. The van der Waals surface area contributed by atoms with Crippen LogP contribution in [0.5, 0.6) is 11.5 Å². The highest BCUT2D eigenvalue weighted by molar-refractivity contribution is 6.04. The Morgan fingerprint density at radius 3 is 2.48 bits per heavy atom. The Morgan fingerprint density at radius 2 is 1.68 bits per heavy atom. The molecule has 1 fully saturated rings. The minimum atomic E-state index is -0.208. The number of nitrogens with zero attached hydrogens (tertiary/aromatic N) is 3. The van der Waals surface area contributed by atoms with Gasteiger partial charge in [0, 0.05) is 36.1 Å². The predicted octanol–water partition coefficient (Wildman–Crippen LogP) is 4.11. The molecule has 2 N–H and O–H groups in total. The smallest absolute Gasteiger partial charge is 0.255 e. The first-order chi connectivity index (χ1) is 15.1. The third-order valence-corrected chi connectivity index (χ3v) is 5.30. The first-order valence-corrected chi connectivity index (χ1v) is 10.3. The van der Waals surface area contributed by atoms with Crippen molar-refractivity contribution in [2.45, 2.75) is 19.8 Å². The van der Waals surface area contributed by atoms with Crippen LogP contribution in [0.1, 0.15) is 29.0 Å². The van der Waals surface area contributed by atoms with Gasteiger partial charge in [-0.3, -0.25) is 4.79 Å². The lowest BCUT2D eigenvalue weighted by Gasteiger charge is -2.18. The van der Waals surface area contributed by atoms with Crippen LogP contribution in [0, 0.1) is 6.92 Å². The van der Waals surface area contributed by atoms with E-state index in [1.54, 1.807) is 18.2 Å². The summed E-state index contributed by atoms with van der Waals surface area (Å²) in [6, 6.07) is 14.6. The number of rotatable bonds is 5. The Morgan fingerprint density at radius 1 is 0.935 bits per heavy atom. The van der Waals surface area contributed by atoms with E-state index in [0.717, 1.165) is 36.2 Å². The summed E-state index contributed by atoms with van der Waals surface area (Å²) in [5.41, 5.74) is 2.09. The van der Waals surface area contributed by atoms with Crippen LogP contribution >= 0.6 is 0 Å². The average molecular weight is 417 g/mol. The summed E-state index contributed by atoms with van der Waals surface area (Å²) in [4.78, 5) is 23.9. The third kappa shape index (κ3) is 4.23. The number of aryl methyl sites for hydroxylation is 1. The van der Waals surface area contributed by atoms with Gasteiger partial charge in [0.15, 0.2) is 11.5 Å². The molecule has 0 unspecified atom stereocenters. The molecule has 0 spiro atoms. The van der Waals surface area contributed by atoms with Crippen molar-refractivity contribution in [2.24, 2.45) is 0 Å². The van der Waals surface area contributed by atoms with Crippen LogP contribution in [0.3, 0.4) is 0 Å². The maximum atomic E-state index is 12.5. The number of carbonyl (C=O) groups is 1. The monoisotopic (exact) mass is 417 g/mol. The molecule has 158 valence electrons. The van der Waals surface area contributed by atoms with E-state index in [9.17, 15) is 4.79 Å². The number of benzene rings is 2. The number of ether oxygens (including phenoxy) is 2. The Bertz CT molecular complexity index is 1110. The van der Waals surface area contributed by atoms with E-state index >= 15 is 0 Å². The van der Waals surface area contributed by atoms with Crippen LogP contribution in [-0.4, -0.2) is 35.8 Å². The van der Waals surface area contributed by atoms with E-state index in [4.69, 9.17) is 9.47 Å². The van der Waals surface area contributed by atoms with Gasteiger partial charge in [-0.1, -0.05) is 0 Å². The fraction of sp³-hybridized carbons (Fsp3) is 0.261. The number of hydrogen-bond acceptors (Lipinski definition) is 7. The highest BCUT2D eigenvalue weighted by Gasteiger charge is 2.17. The molecular weight excluding hydrogens is 394 g/mol. The lowest BCUT2D eigenvalue weighted by atomic mass is 10.2. The molecule has 1 saturated heterocycles. The van der Waals surface area contributed by atoms with Gasteiger partial charge in [-0.05, 0) is 62.2 Å². The summed E-state index contributed by atoms with van der Waals surface area (Å²) < 4.78 is 10.6. The van der Waals surface area contributed by atoms with Crippen molar-refractivity contribution in [3.8, 4) is 11.5 Å². The summed E-state index contributed by atoms with van der Waals surface area (Å²) in [7, 11) is 0. The van der Waals surface area contributed by atoms with Gasteiger partial charge in [0.1, 0.15) is 17.5 Å². The van der Waals surface area contributed by atoms with E-state index < -0.39 is 0 Å². The maximum Gasteiger partial charge on any atom is 0.255 e. The minimum Gasteiger partial charge on any atom is -0.454 e. The van der Waals surface area contributed by atoms with Gasteiger partial charge in [0.2, 0.25) is 6.79 Å². The number of fused-ring (bicyclic) bond motifs is 1. The van der Waals surface area contributed by atoms with Crippen LogP contribution in [0.2, 0.25) is 0 Å². The Balaban J connectivity index is 1.25. The van der Waals surface area contributed by atoms with Crippen LogP contribution in [0.4, 0.5) is 23.0 Å². The van der Waals surface area contributed by atoms with Gasteiger partial charge in [-0.25, -0.2) is 9.97 Å². The molecule has 2 aliphatic heterocycles. The van der Waals surface area contributed by atoms with Crippen molar-refractivity contribution < 1.29 is 14.3 Å². The lowest BCUT2D eigenvalue weighted by molar-refractivity contribution is 0.102. The summed E-state index contributed by atoms with van der Waals surface area (Å²) >= 11 is 0. The summed E-state index contributed by atoms with van der Waals surface area (Å²) in [5, 5.41) is 6.23. The van der Waals surface area contributed by atoms with Gasteiger partial charge in [-0.15, -0.1) is 0 Å². The van der Waals surface area contributed by atoms with Crippen LogP contribution in [-0.2, 0) is 0 Å². The number of amides is 1. The molecule has 3 aromatic rings. The molecule has 2 aliphatic rings. The van der Waals surface area contributed by atoms with Crippen LogP contribution in [0.15, 0.2) is 48.5 Å². The molecule has 3 heterocycles. The fourth-order valence-corrected chi connectivity index (χ4v) is 3.75. The van der Waals surface area contributed by atoms with E-state index in [0.29, 0.717) is 22.7 Å². The van der Waals surface area contributed by atoms with E-state index in [-0.39, 0.29) is 12.7 Å². The van der Waals surface area contributed by atoms with Crippen LogP contribution in [0.25, 0.3) is 0 Å². The Labute approximate surface area is 180 Å². The number of hydrogen-bond donors (Lipinski definition) is 2. The maximum absolute atomic E-state index is 12.5. The molecule has 0 aliphatic carbocycles. The quantitative estimate of drug-likeness (QED) is 0.646. The Hall–Kier alpha value is -3.81. The first kappa shape index (κ1) is 19.2. The predicted molar refractivity (Wildman–Crippen MR) is 118 cm³/mol. The fourth-order valence-electron chi connectivity index (χ4n) is 3.75. The summed E-state index contributed by atoms with van der Waals surface area (Å²) in [6.07, 6.45) is 2.40. The standard InChI is InChI=1S/C23H23N5O3/c1-15-24-21(13-22(25-15)28-10-2-3-11-28)26-17-5-7-18(8-6-17)27-23(29)16-4-9-19-20(12-16)31-14-30-19/h4-9,12-13H,2-3,10-11,14H2,1H3,(H,27,29)(H,24,25,26). The molecular formula is C23H23N5O3. The normalized spacial score (nSPS) is 14.5. The molecule has 2 aromatic carbocycles. The van der Waals surface area contributed by atoms with Gasteiger partial charge in [-0.2, -0.15) is 0 Å². The molecule has 1 aromatic heterocycles. The van der Waals surface area contributed by atoms with E-state index in [1.165, 1.54) is 12.8 Å². The van der Waals surface area contributed by atoms with Gasteiger partial charge < -0.3 is 25.0 Å².